The number of nitrogens with one attached hydrogen (secondary N) is 2. The van der Waals surface area contributed by atoms with Crippen LogP contribution >= 0.6 is 0 Å². The van der Waals surface area contributed by atoms with Crippen molar-refractivity contribution >= 4 is 11.9 Å². The summed E-state index contributed by atoms with van der Waals surface area (Å²) in [6.45, 7) is 5.30. The molecule has 0 spiro atoms. The predicted octanol–water partition coefficient (Wildman–Crippen LogP) is 0.902. The predicted molar refractivity (Wildman–Crippen MR) is 85.4 cm³/mol. The largest absolute Gasteiger partial charge is 0.401 e. The minimum absolute atomic E-state index is 0.106. The van der Waals surface area contributed by atoms with E-state index in [1.165, 1.54) is 11.9 Å². The normalized spacial score (nSPS) is 13.2. The Morgan fingerprint density at radius 1 is 1.17 bits per heavy atom. The van der Waals surface area contributed by atoms with Gasteiger partial charge in [-0.3, -0.25) is 14.7 Å². The molecule has 136 valence electrons. The van der Waals surface area contributed by atoms with E-state index in [1.807, 2.05) is 20.8 Å². The number of aliphatic imine (C=N–C) groups is 1. The molecule has 0 aliphatic carbocycles. The molecule has 0 aromatic carbocycles. The summed E-state index contributed by atoms with van der Waals surface area (Å²) in [4.78, 5) is 18.7. The van der Waals surface area contributed by atoms with Gasteiger partial charge in [-0.1, -0.05) is 0 Å². The molecule has 0 rings (SSSR count). The van der Waals surface area contributed by atoms with Gasteiger partial charge in [-0.15, -0.1) is 0 Å². The Morgan fingerprint density at radius 2 is 1.74 bits per heavy atom. The lowest BCUT2D eigenvalue weighted by Crippen LogP contribution is -2.49. The Labute approximate surface area is 136 Å². The fourth-order valence-corrected chi connectivity index (χ4v) is 1.88. The maximum absolute atomic E-state index is 12.2. The molecule has 0 saturated heterocycles. The van der Waals surface area contributed by atoms with Crippen molar-refractivity contribution in [2.24, 2.45) is 4.99 Å². The molecule has 0 unspecified atom stereocenters. The third-order valence-electron chi connectivity index (χ3n) is 2.69. The summed E-state index contributed by atoms with van der Waals surface area (Å²) in [6.07, 6.45) is -4.21. The molecule has 0 bridgehead atoms. The van der Waals surface area contributed by atoms with Gasteiger partial charge in [0.2, 0.25) is 5.91 Å². The Morgan fingerprint density at radius 3 is 2.17 bits per heavy atom. The van der Waals surface area contributed by atoms with Gasteiger partial charge in [-0.2, -0.15) is 13.2 Å². The number of carbonyl (C=O) groups is 1. The van der Waals surface area contributed by atoms with E-state index in [1.54, 1.807) is 19.0 Å². The average molecular weight is 339 g/mol. The van der Waals surface area contributed by atoms with Crippen LogP contribution in [0.5, 0.6) is 0 Å². The first-order valence-corrected chi connectivity index (χ1v) is 7.32. The molecule has 0 atom stereocenters. The fraction of sp³-hybridized carbons (Fsp3) is 0.857. The third kappa shape index (κ3) is 11.7. The Kier molecular flexibility index (Phi) is 8.36. The summed E-state index contributed by atoms with van der Waals surface area (Å²) >= 11 is 0. The van der Waals surface area contributed by atoms with Gasteiger partial charge in [0, 0.05) is 32.7 Å². The van der Waals surface area contributed by atoms with Crippen molar-refractivity contribution in [2.45, 2.75) is 32.5 Å². The summed E-state index contributed by atoms with van der Waals surface area (Å²) in [6, 6.07) is 0. The number of rotatable bonds is 6. The molecule has 0 fully saturated rings. The van der Waals surface area contributed by atoms with Crippen LogP contribution < -0.4 is 10.6 Å². The van der Waals surface area contributed by atoms with Crippen LogP contribution in [0.2, 0.25) is 0 Å². The lowest BCUT2D eigenvalue weighted by molar-refractivity contribution is -0.142. The van der Waals surface area contributed by atoms with Crippen molar-refractivity contribution in [3.8, 4) is 0 Å². The zero-order valence-corrected chi connectivity index (χ0v) is 14.7. The van der Waals surface area contributed by atoms with E-state index < -0.39 is 12.7 Å². The van der Waals surface area contributed by atoms with Crippen molar-refractivity contribution in [1.29, 1.82) is 0 Å². The SMILES string of the molecule is CN=C(NCCN(C)CC(F)(F)F)N(C)CC(=O)NC(C)(C)C. The number of alkyl halides is 3. The van der Waals surface area contributed by atoms with E-state index in [9.17, 15) is 18.0 Å². The van der Waals surface area contributed by atoms with E-state index in [-0.39, 0.29) is 24.5 Å². The van der Waals surface area contributed by atoms with Crippen LogP contribution in [0.1, 0.15) is 20.8 Å². The van der Waals surface area contributed by atoms with E-state index in [4.69, 9.17) is 0 Å². The number of nitrogens with zero attached hydrogens (tertiary/aromatic N) is 3. The van der Waals surface area contributed by atoms with Crippen molar-refractivity contribution in [1.82, 2.24) is 20.4 Å². The topological polar surface area (TPSA) is 60.0 Å². The average Bonchev–Trinajstić information content (AvgIpc) is 2.29. The first-order chi connectivity index (χ1) is 10.3. The molecule has 0 aromatic heterocycles. The van der Waals surface area contributed by atoms with Crippen LogP contribution in [-0.2, 0) is 4.79 Å². The van der Waals surface area contributed by atoms with Crippen LogP contribution in [0, 0.1) is 0 Å². The van der Waals surface area contributed by atoms with Gasteiger partial charge in [0.15, 0.2) is 5.96 Å². The fourth-order valence-electron chi connectivity index (χ4n) is 1.88. The third-order valence-corrected chi connectivity index (χ3v) is 2.69. The molecule has 23 heavy (non-hydrogen) atoms. The van der Waals surface area contributed by atoms with Gasteiger partial charge >= 0.3 is 6.18 Å². The highest BCUT2D eigenvalue weighted by Crippen LogP contribution is 2.14. The number of hydrogen-bond donors (Lipinski definition) is 2. The standard InChI is InChI=1S/C14H28F3N5O/c1-13(2,3)20-11(23)9-22(6)12(18-4)19-7-8-21(5)10-14(15,16)17/h7-10H2,1-6H3,(H,18,19)(H,20,23). The second-order valence-electron chi connectivity index (χ2n) is 6.48. The zero-order chi connectivity index (χ0) is 18.3. The molecule has 0 aliphatic heterocycles. The number of likely N-dealkylation sites (N-methyl/N-ethyl adjacent to an activating group) is 2. The molecular formula is C14H28F3N5O. The number of carbonyl (C=O) groups excluding carboxylic acids is 1. The van der Waals surface area contributed by atoms with Crippen LogP contribution in [0.15, 0.2) is 4.99 Å². The second-order valence-corrected chi connectivity index (χ2v) is 6.48. The van der Waals surface area contributed by atoms with Crippen molar-refractivity contribution in [3.63, 3.8) is 0 Å². The Hall–Kier alpha value is -1.51. The number of halogens is 3. The lowest BCUT2D eigenvalue weighted by Gasteiger charge is -2.26. The van der Waals surface area contributed by atoms with E-state index >= 15 is 0 Å². The van der Waals surface area contributed by atoms with Gasteiger partial charge in [0.1, 0.15) is 0 Å². The Bertz CT molecular complexity index is 404. The molecule has 0 aromatic rings. The minimum atomic E-state index is -4.21. The van der Waals surface area contributed by atoms with Crippen LogP contribution in [0.25, 0.3) is 0 Å². The van der Waals surface area contributed by atoms with E-state index in [0.29, 0.717) is 12.5 Å². The number of hydrogen-bond acceptors (Lipinski definition) is 3. The lowest BCUT2D eigenvalue weighted by atomic mass is 10.1. The zero-order valence-electron chi connectivity index (χ0n) is 14.7. The van der Waals surface area contributed by atoms with Gasteiger partial charge in [0.05, 0.1) is 13.1 Å². The smallest absolute Gasteiger partial charge is 0.355 e. The number of guanidine groups is 1. The highest BCUT2D eigenvalue weighted by Gasteiger charge is 2.28. The molecule has 0 aliphatic rings. The van der Waals surface area contributed by atoms with Crippen LogP contribution in [-0.4, -0.2) is 80.7 Å². The van der Waals surface area contributed by atoms with Crippen LogP contribution in [0.3, 0.4) is 0 Å². The summed E-state index contributed by atoms with van der Waals surface area (Å²) in [7, 11) is 4.65. The van der Waals surface area contributed by atoms with Crippen molar-refractivity contribution < 1.29 is 18.0 Å². The molecule has 0 saturated carbocycles. The number of amides is 1. The molecule has 9 heteroatoms. The second kappa shape index (κ2) is 8.95. The maximum Gasteiger partial charge on any atom is 0.401 e. The summed E-state index contributed by atoms with van der Waals surface area (Å²) in [5, 5.41) is 5.77. The Balaban J connectivity index is 4.27. The highest BCUT2D eigenvalue weighted by atomic mass is 19.4. The molecular weight excluding hydrogens is 311 g/mol. The van der Waals surface area contributed by atoms with Gasteiger partial charge < -0.3 is 15.5 Å². The highest BCUT2D eigenvalue weighted by molar-refractivity contribution is 5.86. The van der Waals surface area contributed by atoms with Gasteiger partial charge in [-0.05, 0) is 27.8 Å². The minimum Gasteiger partial charge on any atom is -0.355 e. The van der Waals surface area contributed by atoms with E-state index in [2.05, 4.69) is 15.6 Å². The molecule has 2 N–H and O–H groups in total. The first kappa shape index (κ1) is 21.5. The summed E-state index contributed by atoms with van der Waals surface area (Å²) in [5.74, 6) is 0.298. The molecule has 1 amide bonds. The molecule has 0 heterocycles. The van der Waals surface area contributed by atoms with Crippen molar-refractivity contribution in [2.75, 3.05) is 47.3 Å². The molecule has 0 radical (unpaired) electrons. The van der Waals surface area contributed by atoms with E-state index in [0.717, 1.165) is 0 Å². The monoisotopic (exact) mass is 339 g/mol. The summed E-state index contributed by atoms with van der Waals surface area (Å²) < 4.78 is 36.7. The van der Waals surface area contributed by atoms with Gasteiger partial charge in [-0.25, -0.2) is 0 Å². The molecule has 6 nitrogen and oxygen atoms in total. The van der Waals surface area contributed by atoms with Crippen LogP contribution in [0.4, 0.5) is 13.2 Å². The van der Waals surface area contributed by atoms with Crippen molar-refractivity contribution in [3.05, 3.63) is 0 Å². The first-order valence-electron chi connectivity index (χ1n) is 7.32. The quantitative estimate of drug-likeness (QED) is 0.558. The summed E-state index contributed by atoms with van der Waals surface area (Å²) in [5.41, 5.74) is -0.324. The van der Waals surface area contributed by atoms with Gasteiger partial charge in [0.25, 0.3) is 0 Å². The maximum atomic E-state index is 12.2.